The summed E-state index contributed by atoms with van der Waals surface area (Å²) in [5.74, 6) is 0.0627. The van der Waals surface area contributed by atoms with Crippen molar-refractivity contribution in [1.29, 1.82) is 0 Å². The van der Waals surface area contributed by atoms with Crippen LogP contribution >= 0.6 is 0 Å². The van der Waals surface area contributed by atoms with Crippen LogP contribution in [0.3, 0.4) is 0 Å². The zero-order valence-electron chi connectivity index (χ0n) is 18.7. The van der Waals surface area contributed by atoms with Crippen LogP contribution in [0.15, 0.2) is 34.9 Å². The molecule has 4 atom stereocenters. The summed E-state index contributed by atoms with van der Waals surface area (Å²) >= 11 is 0. The van der Waals surface area contributed by atoms with Crippen molar-refractivity contribution in [2.45, 2.75) is 92.8 Å². The van der Waals surface area contributed by atoms with Gasteiger partial charge < -0.3 is 9.47 Å². The average Bonchev–Trinajstić information content (AvgIpc) is 2.56. The van der Waals surface area contributed by atoms with Gasteiger partial charge in [-0.15, -0.1) is 0 Å². The van der Waals surface area contributed by atoms with E-state index in [1.807, 2.05) is 13.0 Å². The Morgan fingerprint density at radius 3 is 2.36 bits per heavy atom. The zero-order valence-corrected chi connectivity index (χ0v) is 18.7. The van der Waals surface area contributed by atoms with Gasteiger partial charge in [0.15, 0.2) is 0 Å². The van der Waals surface area contributed by atoms with Crippen LogP contribution in [0.25, 0.3) is 0 Å². The van der Waals surface area contributed by atoms with E-state index in [9.17, 15) is 9.59 Å². The molecule has 1 aliphatic rings. The van der Waals surface area contributed by atoms with Gasteiger partial charge in [0.2, 0.25) is 0 Å². The number of esters is 2. The van der Waals surface area contributed by atoms with Gasteiger partial charge in [-0.25, -0.2) is 0 Å². The Balaban J connectivity index is 3.18. The van der Waals surface area contributed by atoms with Crippen LogP contribution in [0.5, 0.6) is 0 Å². The fourth-order valence-corrected chi connectivity index (χ4v) is 3.76. The molecule has 0 aliphatic heterocycles. The number of allylic oxidation sites excluding steroid dienone is 3. The van der Waals surface area contributed by atoms with E-state index in [0.29, 0.717) is 12.3 Å². The SMILES string of the molecule is CC(=O)OC1CC=C(C)CCC(C(C)CCC=C(C)C)C(OC(C)=O)C=C1C. The fraction of sp³-hybridized carbons (Fsp3) is 0.667. The van der Waals surface area contributed by atoms with Crippen molar-refractivity contribution in [2.75, 3.05) is 0 Å². The normalized spacial score (nSPS) is 24.3. The van der Waals surface area contributed by atoms with Gasteiger partial charge in [0.05, 0.1) is 0 Å². The molecule has 0 bridgehead atoms. The second-order valence-electron chi connectivity index (χ2n) is 8.41. The van der Waals surface area contributed by atoms with Gasteiger partial charge in [-0.05, 0) is 70.9 Å². The van der Waals surface area contributed by atoms with E-state index in [1.54, 1.807) is 0 Å². The number of carbonyl (C=O) groups is 2. The molecule has 0 radical (unpaired) electrons. The molecule has 0 spiro atoms. The maximum Gasteiger partial charge on any atom is 0.303 e. The first-order chi connectivity index (χ1) is 13.1. The number of ether oxygens (including phenoxy) is 2. The highest BCUT2D eigenvalue weighted by molar-refractivity contribution is 5.67. The molecule has 0 saturated carbocycles. The molecule has 28 heavy (non-hydrogen) atoms. The summed E-state index contributed by atoms with van der Waals surface area (Å²) in [6.45, 7) is 13.5. The van der Waals surface area contributed by atoms with E-state index >= 15 is 0 Å². The molecule has 0 amide bonds. The Labute approximate surface area is 171 Å². The Kier molecular flexibility index (Phi) is 10.3. The van der Waals surface area contributed by atoms with E-state index in [2.05, 4.69) is 39.8 Å². The zero-order chi connectivity index (χ0) is 21.3. The minimum atomic E-state index is -0.315. The molecule has 4 nitrogen and oxygen atoms in total. The van der Waals surface area contributed by atoms with Crippen molar-refractivity contribution >= 4 is 11.9 Å². The maximum absolute atomic E-state index is 11.8. The molecule has 158 valence electrons. The van der Waals surface area contributed by atoms with Crippen LogP contribution in [0.1, 0.15) is 80.6 Å². The predicted molar refractivity (Wildman–Crippen MR) is 114 cm³/mol. The van der Waals surface area contributed by atoms with E-state index in [-0.39, 0.29) is 30.1 Å². The molecule has 0 N–H and O–H groups in total. The highest BCUT2D eigenvalue weighted by Crippen LogP contribution is 2.32. The lowest BCUT2D eigenvalue weighted by Gasteiger charge is -2.32. The summed E-state index contributed by atoms with van der Waals surface area (Å²) in [7, 11) is 0. The maximum atomic E-state index is 11.8. The van der Waals surface area contributed by atoms with Crippen molar-refractivity contribution in [3.8, 4) is 0 Å². The predicted octanol–water partition coefficient (Wildman–Crippen LogP) is 5.93. The molecule has 4 heteroatoms. The first-order valence-corrected chi connectivity index (χ1v) is 10.4. The summed E-state index contributed by atoms with van der Waals surface area (Å²) in [5.41, 5.74) is 3.55. The van der Waals surface area contributed by atoms with E-state index in [1.165, 1.54) is 25.0 Å². The monoisotopic (exact) mass is 390 g/mol. The van der Waals surface area contributed by atoms with Crippen molar-refractivity contribution in [3.05, 3.63) is 34.9 Å². The van der Waals surface area contributed by atoms with Gasteiger partial charge >= 0.3 is 11.9 Å². The van der Waals surface area contributed by atoms with Crippen molar-refractivity contribution in [3.63, 3.8) is 0 Å². The number of carbonyl (C=O) groups excluding carboxylic acids is 2. The molecule has 0 aromatic rings. The van der Waals surface area contributed by atoms with Gasteiger partial charge in [0, 0.05) is 26.2 Å². The van der Waals surface area contributed by atoms with Gasteiger partial charge in [0.1, 0.15) is 12.2 Å². The summed E-state index contributed by atoms with van der Waals surface area (Å²) in [6.07, 6.45) is 10.5. The molecular formula is C24H38O4. The lowest BCUT2D eigenvalue weighted by Crippen LogP contribution is -2.31. The van der Waals surface area contributed by atoms with Gasteiger partial charge in [0.25, 0.3) is 0 Å². The van der Waals surface area contributed by atoms with Crippen LogP contribution in [0, 0.1) is 11.8 Å². The number of rotatable bonds is 6. The Bertz CT molecular complexity index is 623. The average molecular weight is 391 g/mol. The summed E-state index contributed by atoms with van der Waals surface area (Å²) < 4.78 is 11.3. The second-order valence-corrected chi connectivity index (χ2v) is 8.41. The van der Waals surface area contributed by atoms with E-state index in [4.69, 9.17) is 9.47 Å². The number of hydrogen-bond acceptors (Lipinski definition) is 4. The molecule has 0 heterocycles. The van der Waals surface area contributed by atoms with E-state index in [0.717, 1.165) is 31.3 Å². The molecule has 0 aromatic heterocycles. The van der Waals surface area contributed by atoms with Crippen LogP contribution in [0.2, 0.25) is 0 Å². The highest BCUT2D eigenvalue weighted by Gasteiger charge is 2.29. The second kappa shape index (κ2) is 11.9. The Morgan fingerprint density at radius 2 is 1.79 bits per heavy atom. The van der Waals surface area contributed by atoms with Crippen LogP contribution in [-0.2, 0) is 19.1 Å². The molecule has 0 fully saturated rings. The lowest BCUT2D eigenvalue weighted by atomic mass is 9.80. The minimum absolute atomic E-state index is 0.226. The van der Waals surface area contributed by atoms with Crippen molar-refractivity contribution < 1.29 is 19.1 Å². The standard InChI is InChI=1S/C24H38O4/c1-16(2)9-8-10-18(4)22-13-11-17(3)12-14-23(27-20(6)25)19(5)15-24(22)28-21(7)26/h9,12,15,18,22-24H,8,10-11,13-14H2,1-7H3. The van der Waals surface area contributed by atoms with Crippen LogP contribution < -0.4 is 0 Å². The van der Waals surface area contributed by atoms with Crippen molar-refractivity contribution in [1.82, 2.24) is 0 Å². The third-order valence-electron chi connectivity index (χ3n) is 5.43. The van der Waals surface area contributed by atoms with Gasteiger partial charge in [-0.1, -0.05) is 30.2 Å². The smallest absolute Gasteiger partial charge is 0.303 e. The summed E-state index contributed by atoms with van der Waals surface area (Å²) in [4.78, 5) is 23.3. The molecule has 0 saturated heterocycles. The lowest BCUT2D eigenvalue weighted by molar-refractivity contribution is -0.148. The van der Waals surface area contributed by atoms with Gasteiger partial charge in [-0.2, -0.15) is 0 Å². The Hall–Kier alpha value is -1.84. The number of hydrogen-bond donors (Lipinski definition) is 0. The summed E-state index contributed by atoms with van der Waals surface area (Å²) in [5, 5.41) is 0. The topological polar surface area (TPSA) is 52.6 Å². The molecule has 0 aromatic carbocycles. The molecule has 1 rings (SSSR count). The third-order valence-corrected chi connectivity index (χ3v) is 5.43. The molecular weight excluding hydrogens is 352 g/mol. The molecule has 4 unspecified atom stereocenters. The largest absolute Gasteiger partial charge is 0.458 e. The van der Waals surface area contributed by atoms with Crippen LogP contribution in [0.4, 0.5) is 0 Å². The van der Waals surface area contributed by atoms with E-state index < -0.39 is 0 Å². The highest BCUT2D eigenvalue weighted by atomic mass is 16.5. The third kappa shape index (κ3) is 8.90. The first-order valence-electron chi connectivity index (χ1n) is 10.4. The summed E-state index contributed by atoms with van der Waals surface area (Å²) in [6, 6.07) is 0. The minimum Gasteiger partial charge on any atom is -0.458 e. The van der Waals surface area contributed by atoms with Gasteiger partial charge in [-0.3, -0.25) is 9.59 Å². The van der Waals surface area contributed by atoms with Crippen molar-refractivity contribution in [2.24, 2.45) is 11.8 Å². The first kappa shape index (κ1) is 24.2. The molecule has 1 aliphatic carbocycles. The Morgan fingerprint density at radius 1 is 1.14 bits per heavy atom. The fourth-order valence-electron chi connectivity index (χ4n) is 3.76. The van der Waals surface area contributed by atoms with Crippen LogP contribution in [-0.4, -0.2) is 24.1 Å². The quantitative estimate of drug-likeness (QED) is 0.417.